The number of aliphatic hydroxyl groups is 1. The van der Waals surface area contributed by atoms with Crippen LogP contribution in [0.15, 0.2) is 24.3 Å². The van der Waals surface area contributed by atoms with Crippen molar-refractivity contribution in [3.8, 4) is 11.5 Å². The first kappa shape index (κ1) is 23.7. The zero-order valence-electron chi connectivity index (χ0n) is 18.2. The minimum atomic E-state index is -4.92. The number of amides is 1. The number of alkyl halides is 3. The molecule has 1 aliphatic carbocycles. The molecule has 1 aliphatic heterocycles. The van der Waals surface area contributed by atoms with Crippen molar-refractivity contribution in [3.05, 3.63) is 24.3 Å². The van der Waals surface area contributed by atoms with Gasteiger partial charge in [0.25, 0.3) is 0 Å². The third-order valence-electron chi connectivity index (χ3n) is 6.99. The van der Waals surface area contributed by atoms with E-state index in [0.29, 0.717) is 37.4 Å². The van der Waals surface area contributed by atoms with Crippen LogP contribution in [0, 0.1) is 11.8 Å². The van der Waals surface area contributed by atoms with Gasteiger partial charge in [0.2, 0.25) is 0 Å². The Bertz CT molecular complexity index is 737. The number of hydrogen-bond donors (Lipinski definition) is 1. The topological polar surface area (TPSA) is 59.0 Å². The number of likely N-dealkylation sites (tertiary alicyclic amines) is 1. The molecule has 1 saturated carbocycles. The van der Waals surface area contributed by atoms with Crippen LogP contribution in [0.2, 0.25) is 0 Å². The maximum absolute atomic E-state index is 13.6. The fourth-order valence-electron chi connectivity index (χ4n) is 5.71. The lowest BCUT2D eigenvalue weighted by molar-refractivity contribution is -0.202. The number of methoxy groups -OCH3 is 1. The number of aliphatic hydroxyl groups excluding tert-OH is 1. The van der Waals surface area contributed by atoms with E-state index in [0.717, 1.165) is 24.2 Å². The summed E-state index contributed by atoms with van der Waals surface area (Å²) in [6, 6.07) is 6.60. The predicted octanol–water partition coefficient (Wildman–Crippen LogP) is 4.57. The molecule has 174 valence electrons. The molecule has 1 aromatic carbocycles. The third kappa shape index (κ3) is 4.94. The molecule has 0 unspecified atom stereocenters. The van der Waals surface area contributed by atoms with Crippen LogP contribution in [-0.4, -0.2) is 54.0 Å². The van der Waals surface area contributed by atoms with Gasteiger partial charge in [-0.3, -0.25) is 4.79 Å². The fraction of sp³-hybridized carbons (Fsp3) is 0.696. The van der Waals surface area contributed by atoms with Crippen molar-refractivity contribution in [1.29, 1.82) is 0 Å². The quantitative estimate of drug-likeness (QED) is 0.671. The predicted molar refractivity (Wildman–Crippen MR) is 110 cm³/mol. The van der Waals surface area contributed by atoms with Gasteiger partial charge in [0, 0.05) is 18.2 Å². The molecule has 1 spiro atoms. The number of hydrogen-bond acceptors (Lipinski definition) is 4. The summed E-state index contributed by atoms with van der Waals surface area (Å²) in [6.07, 6.45) is -0.822. The van der Waals surface area contributed by atoms with Crippen molar-refractivity contribution >= 4 is 5.91 Å². The van der Waals surface area contributed by atoms with Gasteiger partial charge in [-0.1, -0.05) is 13.3 Å². The molecular weight excluding hydrogens is 411 g/mol. The van der Waals surface area contributed by atoms with Crippen LogP contribution in [0.3, 0.4) is 0 Å². The van der Waals surface area contributed by atoms with Crippen LogP contribution in [-0.2, 0) is 4.79 Å². The van der Waals surface area contributed by atoms with Crippen molar-refractivity contribution in [1.82, 2.24) is 4.90 Å². The maximum atomic E-state index is 13.6. The van der Waals surface area contributed by atoms with E-state index in [-0.39, 0.29) is 24.9 Å². The van der Waals surface area contributed by atoms with E-state index in [2.05, 4.69) is 0 Å². The molecule has 0 bridgehead atoms. The van der Waals surface area contributed by atoms with Crippen molar-refractivity contribution in [2.24, 2.45) is 11.8 Å². The molecule has 2 fully saturated rings. The van der Waals surface area contributed by atoms with Crippen molar-refractivity contribution in [2.45, 2.75) is 69.6 Å². The van der Waals surface area contributed by atoms with Crippen molar-refractivity contribution < 1.29 is 32.5 Å². The van der Waals surface area contributed by atoms with Gasteiger partial charge in [0.1, 0.15) is 11.5 Å². The molecule has 0 aromatic heterocycles. The number of ether oxygens (including phenoxy) is 2. The Morgan fingerprint density at radius 3 is 2.39 bits per heavy atom. The van der Waals surface area contributed by atoms with E-state index in [1.165, 1.54) is 0 Å². The average molecular weight is 444 g/mol. The summed E-state index contributed by atoms with van der Waals surface area (Å²) in [6.45, 7) is 2.12. The highest BCUT2D eigenvalue weighted by Crippen LogP contribution is 2.52. The summed E-state index contributed by atoms with van der Waals surface area (Å²) in [5, 5.41) is 9.43. The second-order valence-electron chi connectivity index (χ2n) is 8.80. The fourth-order valence-corrected chi connectivity index (χ4v) is 5.71. The minimum absolute atomic E-state index is 0.0268. The molecule has 1 aromatic rings. The molecule has 1 N–H and O–H groups in total. The molecule has 5 nitrogen and oxygen atoms in total. The van der Waals surface area contributed by atoms with Crippen LogP contribution >= 0.6 is 0 Å². The van der Waals surface area contributed by atoms with Gasteiger partial charge in [0.05, 0.1) is 13.7 Å². The highest BCUT2D eigenvalue weighted by atomic mass is 19.4. The summed E-state index contributed by atoms with van der Waals surface area (Å²) in [5.74, 6) is -0.487. The van der Waals surface area contributed by atoms with Crippen LogP contribution in [0.25, 0.3) is 0 Å². The Balaban J connectivity index is 1.81. The number of piperidine rings is 1. The number of carbonyl (C=O) groups is 1. The zero-order valence-corrected chi connectivity index (χ0v) is 18.2. The SMILES string of the molecule is COc1ccc(OC[C@H](C)[C@H]2CCC[C@]23CCC[C@H](CCO)N3C(=O)C(F)(F)F)cc1. The molecule has 8 heteroatoms. The van der Waals surface area contributed by atoms with E-state index >= 15 is 0 Å². The average Bonchev–Trinajstić information content (AvgIpc) is 3.15. The Morgan fingerprint density at radius 2 is 1.81 bits per heavy atom. The van der Waals surface area contributed by atoms with Crippen molar-refractivity contribution in [3.63, 3.8) is 0 Å². The number of rotatable bonds is 7. The molecule has 31 heavy (non-hydrogen) atoms. The lowest BCUT2D eigenvalue weighted by atomic mass is 9.71. The molecule has 4 atom stereocenters. The van der Waals surface area contributed by atoms with Gasteiger partial charge in [0.15, 0.2) is 0 Å². The summed E-state index contributed by atoms with van der Waals surface area (Å²) in [5.41, 5.74) is -0.826. The second-order valence-corrected chi connectivity index (χ2v) is 8.80. The van der Waals surface area contributed by atoms with Gasteiger partial charge in [-0.25, -0.2) is 0 Å². The van der Waals surface area contributed by atoms with E-state index in [1.54, 1.807) is 31.4 Å². The molecule has 1 amide bonds. The second kappa shape index (κ2) is 9.67. The van der Waals surface area contributed by atoms with Crippen LogP contribution < -0.4 is 9.47 Å². The monoisotopic (exact) mass is 443 g/mol. The summed E-state index contributed by atoms with van der Waals surface area (Å²) in [7, 11) is 1.58. The smallest absolute Gasteiger partial charge is 0.471 e. The number of nitrogens with zero attached hydrogens (tertiary/aromatic N) is 1. The Morgan fingerprint density at radius 1 is 1.19 bits per heavy atom. The number of carbonyl (C=O) groups excluding carboxylic acids is 1. The zero-order chi connectivity index (χ0) is 22.6. The number of halogens is 3. The molecular formula is C23H32F3NO4. The van der Waals surface area contributed by atoms with E-state index in [9.17, 15) is 23.1 Å². The number of benzene rings is 1. The molecule has 0 radical (unpaired) electrons. The largest absolute Gasteiger partial charge is 0.497 e. The first-order valence-corrected chi connectivity index (χ1v) is 11.0. The lowest BCUT2D eigenvalue weighted by Gasteiger charge is -2.54. The van der Waals surface area contributed by atoms with Gasteiger partial charge in [-0.05, 0) is 74.6 Å². The Labute approximate surface area is 181 Å². The summed E-state index contributed by atoms with van der Waals surface area (Å²) in [4.78, 5) is 13.7. The van der Waals surface area contributed by atoms with E-state index in [4.69, 9.17) is 9.47 Å². The minimum Gasteiger partial charge on any atom is -0.497 e. The van der Waals surface area contributed by atoms with Gasteiger partial charge in [-0.2, -0.15) is 13.2 Å². The van der Waals surface area contributed by atoms with E-state index in [1.807, 2.05) is 6.92 Å². The lowest BCUT2D eigenvalue weighted by Crippen LogP contribution is -2.64. The van der Waals surface area contributed by atoms with Crippen LogP contribution in [0.5, 0.6) is 11.5 Å². The van der Waals surface area contributed by atoms with Crippen LogP contribution in [0.1, 0.15) is 51.9 Å². The maximum Gasteiger partial charge on any atom is 0.471 e. The van der Waals surface area contributed by atoms with Crippen molar-refractivity contribution in [2.75, 3.05) is 20.3 Å². The van der Waals surface area contributed by atoms with Gasteiger partial charge in [-0.15, -0.1) is 0 Å². The summed E-state index contributed by atoms with van der Waals surface area (Å²) < 4.78 is 51.7. The normalized spacial score (nSPS) is 27.4. The highest BCUT2D eigenvalue weighted by Gasteiger charge is 2.58. The standard InChI is InChI=1S/C23H32F3NO4/c1-16(15-31-19-9-7-18(30-2)8-10-19)20-6-4-13-22(20)12-3-5-17(11-14-28)27(22)21(29)23(24,25)26/h7-10,16-17,20,28H,3-6,11-15H2,1-2H3/t16-,17+,20+,22+/m0/s1. The molecule has 3 rings (SSSR count). The summed E-state index contributed by atoms with van der Waals surface area (Å²) >= 11 is 0. The van der Waals surface area contributed by atoms with E-state index < -0.39 is 23.7 Å². The van der Waals surface area contributed by atoms with Gasteiger partial charge >= 0.3 is 12.1 Å². The molecule has 2 aliphatic rings. The highest BCUT2D eigenvalue weighted by molar-refractivity contribution is 5.83. The first-order chi connectivity index (χ1) is 14.7. The molecule has 1 heterocycles. The molecule has 1 saturated heterocycles. The Kier molecular flexibility index (Phi) is 7.39. The first-order valence-electron chi connectivity index (χ1n) is 11.0. The Hall–Kier alpha value is -1.96. The third-order valence-corrected chi connectivity index (χ3v) is 6.99. The van der Waals surface area contributed by atoms with Gasteiger partial charge < -0.3 is 19.5 Å². The van der Waals surface area contributed by atoms with Crippen LogP contribution in [0.4, 0.5) is 13.2 Å².